The lowest BCUT2D eigenvalue weighted by Crippen LogP contribution is -2.38. The molecule has 1 aliphatic carbocycles. The number of hydrogen-bond donors (Lipinski definition) is 1. The van der Waals surface area contributed by atoms with Crippen LogP contribution >= 0.6 is 0 Å². The van der Waals surface area contributed by atoms with Crippen LogP contribution in [0.2, 0.25) is 0 Å². The Hall–Kier alpha value is -0.0400. The Morgan fingerprint density at radius 3 is 2.33 bits per heavy atom. The van der Waals surface area contributed by atoms with Gasteiger partial charge in [-0.05, 0) is 25.7 Å². The van der Waals surface area contributed by atoms with Crippen molar-refractivity contribution in [3.8, 4) is 0 Å². The monoisotopic (exact) mass is 169 g/mol. The van der Waals surface area contributed by atoms with Crippen molar-refractivity contribution in [2.75, 3.05) is 0 Å². The highest BCUT2D eigenvalue weighted by molar-refractivity contribution is 4.78. The molecule has 0 aromatic carbocycles. The van der Waals surface area contributed by atoms with E-state index in [0.29, 0.717) is 6.04 Å². The third-order valence-electron chi connectivity index (χ3n) is 3.35. The normalized spacial score (nSPS) is 24.2. The maximum atomic E-state index is 3.73. The predicted molar refractivity (Wildman–Crippen MR) is 54.3 cm³/mol. The van der Waals surface area contributed by atoms with Gasteiger partial charge in [-0.3, -0.25) is 0 Å². The molecule has 0 aliphatic heterocycles. The summed E-state index contributed by atoms with van der Waals surface area (Å²) in [5.74, 6) is 0.825. The fraction of sp³-hybridized carbons (Fsp3) is 1.00. The fourth-order valence-electron chi connectivity index (χ4n) is 1.98. The molecule has 0 unspecified atom stereocenters. The average molecular weight is 169 g/mol. The Bertz CT molecular complexity index is 116. The first kappa shape index (κ1) is 10.0. The van der Waals surface area contributed by atoms with Crippen LogP contribution in [0.1, 0.15) is 52.9 Å². The van der Waals surface area contributed by atoms with E-state index in [-0.39, 0.29) is 0 Å². The number of hydrogen-bond acceptors (Lipinski definition) is 1. The zero-order chi connectivity index (χ0) is 8.97. The van der Waals surface area contributed by atoms with E-state index in [9.17, 15) is 0 Å². The van der Waals surface area contributed by atoms with Crippen molar-refractivity contribution in [3.63, 3.8) is 0 Å². The molecule has 1 heteroatoms. The second kappa shape index (κ2) is 4.86. The summed E-state index contributed by atoms with van der Waals surface area (Å²) in [4.78, 5) is 0. The van der Waals surface area contributed by atoms with Crippen molar-refractivity contribution in [3.05, 3.63) is 0 Å². The summed E-state index contributed by atoms with van der Waals surface area (Å²) in [5.41, 5.74) is 0. The highest BCUT2D eigenvalue weighted by atomic mass is 15.0. The molecule has 1 N–H and O–H groups in total. The summed E-state index contributed by atoms with van der Waals surface area (Å²) in [7, 11) is 0. The van der Waals surface area contributed by atoms with Gasteiger partial charge in [-0.15, -0.1) is 0 Å². The molecule has 0 radical (unpaired) electrons. The van der Waals surface area contributed by atoms with Gasteiger partial charge in [0.25, 0.3) is 0 Å². The molecular weight excluding hydrogens is 146 g/mol. The van der Waals surface area contributed by atoms with Gasteiger partial charge in [0.15, 0.2) is 0 Å². The molecule has 0 spiro atoms. The molecule has 0 amide bonds. The quantitative estimate of drug-likeness (QED) is 0.682. The zero-order valence-electron chi connectivity index (χ0n) is 8.77. The second-order valence-corrected chi connectivity index (χ2v) is 4.32. The Morgan fingerprint density at radius 2 is 1.83 bits per heavy atom. The smallest absolute Gasteiger partial charge is 0.00696 e. The van der Waals surface area contributed by atoms with Gasteiger partial charge < -0.3 is 5.32 Å². The highest BCUT2D eigenvalue weighted by Gasteiger charge is 2.18. The fourth-order valence-corrected chi connectivity index (χ4v) is 1.98. The standard InChI is InChI=1S/C11H23N/c1-4-9(2)10(3)12-11-7-5-6-8-11/h9-12H,4-8H2,1-3H3/t9-,10-/m1/s1. The Morgan fingerprint density at radius 1 is 1.25 bits per heavy atom. The predicted octanol–water partition coefficient (Wildman–Crippen LogP) is 2.95. The highest BCUT2D eigenvalue weighted by Crippen LogP contribution is 2.19. The molecule has 2 atom stereocenters. The third kappa shape index (κ3) is 2.78. The van der Waals surface area contributed by atoms with E-state index >= 15 is 0 Å². The van der Waals surface area contributed by atoms with Crippen molar-refractivity contribution in [1.82, 2.24) is 5.32 Å². The molecule has 0 saturated heterocycles. The van der Waals surface area contributed by atoms with Crippen LogP contribution in [0.15, 0.2) is 0 Å². The zero-order valence-corrected chi connectivity index (χ0v) is 8.77. The first-order valence-corrected chi connectivity index (χ1v) is 5.50. The molecule has 1 aliphatic rings. The van der Waals surface area contributed by atoms with E-state index in [1.54, 1.807) is 0 Å². The van der Waals surface area contributed by atoms with Gasteiger partial charge in [-0.2, -0.15) is 0 Å². The Balaban J connectivity index is 2.19. The summed E-state index contributed by atoms with van der Waals surface area (Å²) in [6.45, 7) is 6.94. The molecule has 1 fully saturated rings. The van der Waals surface area contributed by atoms with Gasteiger partial charge in [0.1, 0.15) is 0 Å². The van der Waals surface area contributed by atoms with Crippen molar-refractivity contribution in [1.29, 1.82) is 0 Å². The van der Waals surface area contributed by atoms with E-state index in [2.05, 4.69) is 26.1 Å². The van der Waals surface area contributed by atoms with Crippen LogP contribution in [0.4, 0.5) is 0 Å². The molecule has 0 aromatic rings. The number of nitrogens with one attached hydrogen (secondary N) is 1. The first-order valence-electron chi connectivity index (χ1n) is 5.50. The van der Waals surface area contributed by atoms with Crippen molar-refractivity contribution in [2.45, 2.75) is 65.0 Å². The van der Waals surface area contributed by atoms with E-state index in [0.717, 1.165) is 12.0 Å². The topological polar surface area (TPSA) is 12.0 Å². The molecule has 0 heterocycles. The van der Waals surface area contributed by atoms with Crippen LogP contribution in [-0.4, -0.2) is 12.1 Å². The van der Waals surface area contributed by atoms with Gasteiger partial charge >= 0.3 is 0 Å². The molecule has 72 valence electrons. The lowest BCUT2D eigenvalue weighted by atomic mass is 10.00. The van der Waals surface area contributed by atoms with Crippen LogP contribution in [0.25, 0.3) is 0 Å². The molecule has 1 nitrogen and oxygen atoms in total. The molecule has 0 aromatic heterocycles. The minimum atomic E-state index is 0.707. The summed E-state index contributed by atoms with van der Waals surface area (Å²) in [6, 6.07) is 1.53. The van der Waals surface area contributed by atoms with Crippen LogP contribution in [-0.2, 0) is 0 Å². The van der Waals surface area contributed by atoms with Crippen LogP contribution in [0.3, 0.4) is 0 Å². The summed E-state index contributed by atoms with van der Waals surface area (Å²) in [5, 5.41) is 3.73. The lowest BCUT2D eigenvalue weighted by molar-refractivity contribution is 0.349. The van der Waals surface area contributed by atoms with E-state index < -0.39 is 0 Å². The van der Waals surface area contributed by atoms with Crippen LogP contribution in [0.5, 0.6) is 0 Å². The Labute approximate surface area is 76.9 Å². The summed E-state index contributed by atoms with van der Waals surface area (Å²) in [6.07, 6.45) is 6.97. The molecular formula is C11H23N. The molecule has 12 heavy (non-hydrogen) atoms. The average Bonchev–Trinajstić information content (AvgIpc) is 2.55. The minimum Gasteiger partial charge on any atom is -0.311 e. The molecule has 0 bridgehead atoms. The third-order valence-corrected chi connectivity index (χ3v) is 3.35. The first-order chi connectivity index (χ1) is 5.74. The molecule has 1 saturated carbocycles. The maximum Gasteiger partial charge on any atom is 0.00696 e. The second-order valence-electron chi connectivity index (χ2n) is 4.32. The SMILES string of the molecule is CC[C@@H](C)[C@@H](C)NC1CCCC1. The maximum absolute atomic E-state index is 3.73. The lowest BCUT2D eigenvalue weighted by Gasteiger charge is -2.23. The van der Waals surface area contributed by atoms with Crippen molar-refractivity contribution < 1.29 is 0 Å². The van der Waals surface area contributed by atoms with Crippen molar-refractivity contribution >= 4 is 0 Å². The van der Waals surface area contributed by atoms with Gasteiger partial charge in [0.05, 0.1) is 0 Å². The largest absolute Gasteiger partial charge is 0.311 e. The van der Waals surface area contributed by atoms with E-state index in [4.69, 9.17) is 0 Å². The van der Waals surface area contributed by atoms with Crippen molar-refractivity contribution in [2.24, 2.45) is 5.92 Å². The van der Waals surface area contributed by atoms with Crippen LogP contribution in [0, 0.1) is 5.92 Å². The number of rotatable bonds is 4. The van der Waals surface area contributed by atoms with Gasteiger partial charge in [-0.25, -0.2) is 0 Å². The minimum absolute atomic E-state index is 0.707. The summed E-state index contributed by atoms with van der Waals surface area (Å²) >= 11 is 0. The van der Waals surface area contributed by atoms with E-state index in [1.807, 2.05) is 0 Å². The summed E-state index contributed by atoms with van der Waals surface area (Å²) < 4.78 is 0. The van der Waals surface area contributed by atoms with Gasteiger partial charge in [-0.1, -0.05) is 33.1 Å². The van der Waals surface area contributed by atoms with Gasteiger partial charge in [0, 0.05) is 12.1 Å². The molecule has 1 rings (SSSR count). The van der Waals surface area contributed by atoms with E-state index in [1.165, 1.54) is 32.1 Å². The van der Waals surface area contributed by atoms with Gasteiger partial charge in [0.2, 0.25) is 0 Å². The Kier molecular flexibility index (Phi) is 4.07. The van der Waals surface area contributed by atoms with Crippen LogP contribution < -0.4 is 5.32 Å².